The zero-order valence-electron chi connectivity index (χ0n) is 14.0. The number of nitrogens with one attached hydrogen (secondary N) is 1. The summed E-state index contributed by atoms with van der Waals surface area (Å²) in [6.07, 6.45) is 0.981. The fourth-order valence-corrected chi connectivity index (χ4v) is 2.45. The van der Waals surface area contributed by atoms with E-state index in [2.05, 4.69) is 37.1 Å². The SMILES string of the molecule is CCOc1ccc(CC(C)NCCN(CC)CC)cc1N. The number of hydrogen-bond acceptors (Lipinski definition) is 4. The minimum Gasteiger partial charge on any atom is -0.492 e. The number of rotatable bonds is 10. The first kappa shape index (κ1) is 17.8. The largest absolute Gasteiger partial charge is 0.492 e. The van der Waals surface area contributed by atoms with Crippen molar-refractivity contribution >= 4 is 5.69 Å². The predicted molar refractivity (Wildman–Crippen MR) is 91.0 cm³/mol. The lowest BCUT2D eigenvalue weighted by atomic mass is 10.1. The van der Waals surface area contributed by atoms with Crippen LogP contribution in [0.4, 0.5) is 5.69 Å². The lowest BCUT2D eigenvalue weighted by Crippen LogP contribution is -2.36. The van der Waals surface area contributed by atoms with Crippen LogP contribution in [0.3, 0.4) is 0 Å². The summed E-state index contributed by atoms with van der Waals surface area (Å²) < 4.78 is 5.47. The number of hydrogen-bond donors (Lipinski definition) is 2. The van der Waals surface area contributed by atoms with Gasteiger partial charge in [0.15, 0.2) is 0 Å². The van der Waals surface area contributed by atoms with Crippen LogP contribution in [-0.2, 0) is 6.42 Å². The highest BCUT2D eigenvalue weighted by molar-refractivity contribution is 5.54. The molecule has 0 aromatic heterocycles. The Hall–Kier alpha value is -1.26. The molecule has 0 amide bonds. The molecule has 1 rings (SSSR count). The number of nitrogen functional groups attached to an aromatic ring is 1. The molecule has 3 N–H and O–H groups in total. The van der Waals surface area contributed by atoms with Gasteiger partial charge in [0.05, 0.1) is 12.3 Å². The average molecular weight is 293 g/mol. The van der Waals surface area contributed by atoms with Crippen molar-refractivity contribution in [2.24, 2.45) is 0 Å². The van der Waals surface area contributed by atoms with Crippen molar-refractivity contribution in [1.29, 1.82) is 0 Å². The highest BCUT2D eigenvalue weighted by Crippen LogP contribution is 2.23. The predicted octanol–water partition coefficient (Wildman–Crippen LogP) is 2.53. The van der Waals surface area contributed by atoms with Gasteiger partial charge >= 0.3 is 0 Å². The fraction of sp³-hybridized carbons (Fsp3) is 0.647. The molecule has 0 saturated heterocycles. The van der Waals surface area contributed by atoms with E-state index >= 15 is 0 Å². The third-order valence-corrected chi connectivity index (χ3v) is 3.73. The molecule has 1 aromatic carbocycles. The Morgan fingerprint density at radius 3 is 2.52 bits per heavy atom. The number of nitrogens with two attached hydrogens (primary N) is 1. The van der Waals surface area contributed by atoms with Gasteiger partial charge in [-0.05, 0) is 51.1 Å². The van der Waals surface area contributed by atoms with Crippen LogP contribution in [0.1, 0.15) is 33.3 Å². The van der Waals surface area contributed by atoms with Crippen molar-refractivity contribution < 1.29 is 4.74 Å². The second-order valence-corrected chi connectivity index (χ2v) is 5.39. The Labute approximate surface area is 129 Å². The van der Waals surface area contributed by atoms with E-state index in [0.717, 1.165) is 44.0 Å². The minimum atomic E-state index is 0.443. The van der Waals surface area contributed by atoms with E-state index in [4.69, 9.17) is 10.5 Å². The normalized spacial score (nSPS) is 12.6. The van der Waals surface area contributed by atoms with Crippen LogP contribution >= 0.6 is 0 Å². The summed E-state index contributed by atoms with van der Waals surface area (Å²) in [5.41, 5.74) is 7.98. The Morgan fingerprint density at radius 1 is 1.24 bits per heavy atom. The van der Waals surface area contributed by atoms with Crippen molar-refractivity contribution in [3.05, 3.63) is 23.8 Å². The van der Waals surface area contributed by atoms with E-state index < -0.39 is 0 Å². The van der Waals surface area contributed by atoms with Gasteiger partial charge < -0.3 is 20.7 Å². The molecular weight excluding hydrogens is 262 g/mol. The Bertz CT molecular complexity index is 405. The lowest BCUT2D eigenvalue weighted by molar-refractivity contribution is 0.297. The number of likely N-dealkylation sites (N-methyl/N-ethyl adjacent to an activating group) is 1. The summed E-state index contributed by atoms with van der Waals surface area (Å²) in [7, 11) is 0. The summed E-state index contributed by atoms with van der Waals surface area (Å²) in [5.74, 6) is 0.781. The Kier molecular flexibility index (Phi) is 8.16. The first-order valence-electron chi connectivity index (χ1n) is 8.07. The van der Waals surface area contributed by atoms with Crippen LogP contribution in [0.2, 0.25) is 0 Å². The summed E-state index contributed by atoms with van der Waals surface area (Å²) in [6.45, 7) is 13.6. The van der Waals surface area contributed by atoms with Gasteiger partial charge in [-0.1, -0.05) is 19.9 Å². The third-order valence-electron chi connectivity index (χ3n) is 3.73. The second kappa shape index (κ2) is 9.64. The molecule has 0 aliphatic carbocycles. The number of ether oxygens (including phenoxy) is 1. The molecule has 0 bridgehead atoms. The average Bonchev–Trinajstić information content (AvgIpc) is 2.46. The molecule has 4 nitrogen and oxygen atoms in total. The first-order chi connectivity index (χ1) is 10.1. The van der Waals surface area contributed by atoms with E-state index in [1.807, 2.05) is 19.1 Å². The summed E-state index contributed by atoms with van der Waals surface area (Å²) in [4.78, 5) is 2.43. The molecule has 0 radical (unpaired) electrons. The van der Waals surface area contributed by atoms with Crippen LogP contribution in [0.25, 0.3) is 0 Å². The van der Waals surface area contributed by atoms with Gasteiger partial charge in [0.25, 0.3) is 0 Å². The number of anilines is 1. The van der Waals surface area contributed by atoms with Crippen molar-refractivity contribution in [2.75, 3.05) is 38.5 Å². The monoisotopic (exact) mass is 293 g/mol. The molecule has 0 heterocycles. The van der Waals surface area contributed by atoms with Gasteiger partial charge in [-0.2, -0.15) is 0 Å². The van der Waals surface area contributed by atoms with Crippen molar-refractivity contribution in [1.82, 2.24) is 10.2 Å². The van der Waals surface area contributed by atoms with Gasteiger partial charge in [-0.3, -0.25) is 0 Å². The molecule has 1 aromatic rings. The lowest BCUT2D eigenvalue weighted by Gasteiger charge is -2.20. The molecule has 0 spiro atoms. The van der Waals surface area contributed by atoms with Crippen LogP contribution in [0.5, 0.6) is 5.75 Å². The first-order valence-corrected chi connectivity index (χ1v) is 8.07. The zero-order valence-corrected chi connectivity index (χ0v) is 14.0. The van der Waals surface area contributed by atoms with Crippen LogP contribution in [0.15, 0.2) is 18.2 Å². The molecule has 4 heteroatoms. The summed E-state index contributed by atoms with van der Waals surface area (Å²) in [5, 5.41) is 3.58. The Balaban J connectivity index is 2.40. The van der Waals surface area contributed by atoms with Gasteiger partial charge in [0.2, 0.25) is 0 Å². The third kappa shape index (κ3) is 6.36. The molecule has 0 fully saturated rings. The molecule has 0 aliphatic rings. The van der Waals surface area contributed by atoms with Crippen molar-refractivity contribution in [2.45, 2.75) is 40.2 Å². The van der Waals surface area contributed by atoms with Crippen LogP contribution in [0, 0.1) is 0 Å². The van der Waals surface area contributed by atoms with Crippen molar-refractivity contribution in [3.63, 3.8) is 0 Å². The molecule has 1 atom stereocenters. The van der Waals surface area contributed by atoms with Gasteiger partial charge in [-0.15, -0.1) is 0 Å². The van der Waals surface area contributed by atoms with Gasteiger partial charge in [-0.25, -0.2) is 0 Å². The quantitative estimate of drug-likeness (QED) is 0.651. The molecule has 120 valence electrons. The molecular formula is C17H31N3O. The molecule has 0 saturated carbocycles. The highest BCUT2D eigenvalue weighted by Gasteiger charge is 2.07. The zero-order chi connectivity index (χ0) is 15.7. The minimum absolute atomic E-state index is 0.443. The summed E-state index contributed by atoms with van der Waals surface area (Å²) in [6, 6.07) is 6.53. The molecule has 21 heavy (non-hydrogen) atoms. The fourth-order valence-electron chi connectivity index (χ4n) is 2.45. The standard InChI is InChI=1S/C17H31N3O/c1-5-20(6-2)11-10-19-14(4)12-15-8-9-17(21-7-3)16(18)13-15/h8-9,13-14,19H,5-7,10-12,18H2,1-4H3. The van der Waals surface area contributed by atoms with E-state index in [1.165, 1.54) is 5.56 Å². The maximum absolute atomic E-state index is 6.01. The number of benzene rings is 1. The second-order valence-electron chi connectivity index (χ2n) is 5.39. The number of nitrogens with zero attached hydrogens (tertiary/aromatic N) is 1. The van der Waals surface area contributed by atoms with Gasteiger partial charge in [0, 0.05) is 19.1 Å². The summed E-state index contributed by atoms with van der Waals surface area (Å²) >= 11 is 0. The topological polar surface area (TPSA) is 50.5 Å². The maximum atomic E-state index is 6.01. The maximum Gasteiger partial charge on any atom is 0.142 e. The smallest absolute Gasteiger partial charge is 0.142 e. The van der Waals surface area contributed by atoms with Crippen LogP contribution in [-0.4, -0.2) is 43.7 Å². The molecule has 1 unspecified atom stereocenters. The Morgan fingerprint density at radius 2 is 1.95 bits per heavy atom. The van der Waals surface area contributed by atoms with E-state index in [1.54, 1.807) is 0 Å². The van der Waals surface area contributed by atoms with E-state index in [-0.39, 0.29) is 0 Å². The van der Waals surface area contributed by atoms with Crippen molar-refractivity contribution in [3.8, 4) is 5.75 Å². The van der Waals surface area contributed by atoms with E-state index in [9.17, 15) is 0 Å². The molecule has 0 aliphatic heterocycles. The van der Waals surface area contributed by atoms with Crippen LogP contribution < -0.4 is 15.8 Å². The van der Waals surface area contributed by atoms with E-state index in [0.29, 0.717) is 12.6 Å². The van der Waals surface area contributed by atoms with Gasteiger partial charge in [0.1, 0.15) is 5.75 Å². The highest BCUT2D eigenvalue weighted by atomic mass is 16.5.